The van der Waals surface area contributed by atoms with Gasteiger partial charge in [-0.3, -0.25) is 0 Å². The van der Waals surface area contributed by atoms with Gasteiger partial charge in [0, 0.05) is 0 Å². The molecule has 128 valence electrons. The molecule has 2 heteroatoms. The summed E-state index contributed by atoms with van der Waals surface area (Å²) in [6, 6.07) is 0. The fraction of sp³-hybridized carbons (Fsp3) is 1.00. The molecule has 21 heavy (non-hydrogen) atoms. The molecule has 0 aromatic carbocycles. The summed E-state index contributed by atoms with van der Waals surface area (Å²) in [4.78, 5) is 5.88. The normalized spacial score (nSPS) is 13.6. The van der Waals surface area contributed by atoms with Gasteiger partial charge in [-0.1, -0.05) is 84.0 Å². The van der Waals surface area contributed by atoms with Crippen LogP contribution in [0, 0.1) is 0 Å². The maximum Gasteiger partial charge on any atom is 0.114 e. The van der Waals surface area contributed by atoms with Crippen molar-refractivity contribution < 1.29 is 9.48 Å². The van der Waals surface area contributed by atoms with Gasteiger partial charge in [0.2, 0.25) is 0 Å². The highest BCUT2D eigenvalue weighted by molar-refractivity contribution is 4.51. The van der Waals surface area contributed by atoms with Crippen LogP contribution >= 0.6 is 0 Å². The predicted octanol–water partition coefficient (Wildman–Crippen LogP) is 6.10. The van der Waals surface area contributed by atoms with Gasteiger partial charge in [-0.15, -0.1) is 0 Å². The number of quaternary nitrogens is 1. The van der Waals surface area contributed by atoms with E-state index in [9.17, 15) is 0 Å². The van der Waals surface area contributed by atoms with Gasteiger partial charge in [0.1, 0.15) is 6.10 Å². The Kier molecular flexibility index (Phi) is 13.5. The Hall–Kier alpha value is -0.0800. The van der Waals surface area contributed by atoms with Crippen LogP contribution in [0.2, 0.25) is 0 Å². The van der Waals surface area contributed by atoms with Crippen LogP contribution in [0.1, 0.15) is 97.3 Å². The third kappa shape index (κ3) is 17.9. The van der Waals surface area contributed by atoms with E-state index in [2.05, 4.69) is 35.0 Å². The van der Waals surface area contributed by atoms with Crippen molar-refractivity contribution in [2.24, 2.45) is 0 Å². The van der Waals surface area contributed by atoms with E-state index in [4.69, 9.17) is 4.84 Å². The van der Waals surface area contributed by atoms with E-state index in [-0.39, 0.29) is 0 Å². The van der Waals surface area contributed by atoms with E-state index in [0.29, 0.717) is 10.8 Å². The van der Waals surface area contributed by atoms with Gasteiger partial charge in [0.15, 0.2) is 0 Å². The highest BCUT2D eigenvalue weighted by atomic mass is 16.7. The van der Waals surface area contributed by atoms with Crippen molar-refractivity contribution in [1.29, 1.82) is 0 Å². The summed E-state index contributed by atoms with van der Waals surface area (Å²) in [6.45, 7) is 4.48. The van der Waals surface area contributed by atoms with Gasteiger partial charge < -0.3 is 0 Å². The molecule has 0 amide bonds. The van der Waals surface area contributed by atoms with E-state index in [0.717, 1.165) is 0 Å². The first kappa shape index (κ1) is 20.9. The SMILES string of the molecule is CCCCCCCCCCCCCCC(C)O[N+](C)(C)C. The summed E-state index contributed by atoms with van der Waals surface area (Å²) in [5.41, 5.74) is 0. The first-order valence-corrected chi connectivity index (χ1v) is 9.45. The lowest BCUT2D eigenvalue weighted by molar-refractivity contribution is -1.07. The van der Waals surface area contributed by atoms with Crippen molar-refractivity contribution in [2.45, 2.75) is 103 Å². The van der Waals surface area contributed by atoms with Crippen molar-refractivity contribution in [2.75, 3.05) is 21.1 Å². The summed E-state index contributed by atoms with van der Waals surface area (Å²) < 4.78 is 0.611. The molecule has 0 aromatic rings. The molecule has 0 N–H and O–H groups in total. The molecule has 0 radical (unpaired) electrons. The second-order valence-corrected chi connectivity index (χ2v) is 7.48. The first-order chi connectivity index (χ1) is 9.95. The minimum atomic E-state index is 0.383. The van der Waals surface area contributed by atoms with E-state index < -0.39 is 0 Å². The molecule has 0 fully saturated rings. The van der Waals surface area contributed by atoms with Crippen LogP contribution < -0.4 is 0 Å². The summed E-state index contributed by atoms with van der Waals surface area (Å²) in [5, 5.41) is 0. The smallest absolute Gasteiger partial charge is 0.114 e. The maximum atomic E-state index is 5.88. The Morgan fingerprint density at radius 2 is 1.05 bits per heavy atom. The second kappa shape index (κ2) is 13.6. The minimum Gasteiger partial charge on any atom is -0.201 e. The number of unbranched alkanes of at least 4 members (excludes halogenated alkanes) is 11. The lowest BCUT2D eigenvalue weighted by Gasteiger charge is -2.25. The van der Waals surface area contributed by atoms with Crippen molar-refractivity contribution in [3.63, 3.8) is 0 Å². The lowest BCUT2D eigenvalue weighted by atomic mass is 10.0. The maximum absolute atomic E-state index is 5.88. The molecule has 0 saturated heterocycles. The Labute approximate surface area is 134 Å². The van der Waals surface area contributed by atoms with Gasteiger partial charge in [-0.2, -0.15) is 4.65 Å². The van der Waals surface area contributed by atoms with Crippen molar-refractivity contribution >= 4 is 0 Å². The standard InChI is InChI=1S/C19H42NO/c1-6-7-8-9-10-11-12-13-14-15-16-17-18-19(2)21-20(3,4)5/h19H,6-18H2,1-5H3/q+1. The fourth-order valence-electron chi connectivity index (χ4n) is 2.87. The zero-order valence-corrected chi connectivity index (χ0v) is 15.6. The number of rotatable bonds is 15. The number of nitrogens with zero attached hydrogens (tertiary/aromatic N) is 1. The third-order valence-electron chi connectivity index (χ3n) is 3.96. The molecule has 0 aromatic heterocycles. The van der Waals surface area contributed by atoms with Gasteiger partial charge >= 0.3 is 0 Å². The van der Waals surface area contributed by atoms with Gasteiger partial charge in [0.05, 0.1) is 21.1 Å². The molecule has 0 bridgehead atoms. The zero-order valence-electron chi connectivity index (χ0n) is 15.6. The van der Waals surface area contributed by atoms with E-state index >= 15 is 0 Å². The molecule has 1 unspecified atom stereocenters. The molecule has 0 aliphatic rings. The molecular weight excluding hydrogens is 258 g/mol. The van der Waals surface area contributed by atoms with Crippen LogP contribution in [0.5, 0.6) is 0 Å². The van der Waals surface area contributed by atoms with Crippen LogP contribution in [0.25, 0.3) is 0 Å². The molecule has 0 aliphatic carbocycles. The summed E-state index contributed by atoms with van der Waals surface area (Å²) >= 11 is 0. The van der Waals surface area contributed by atoms with Gasteiger partial charge in [0.25, 0.3) is 0 Å². The highest BCUT2D eigenvalue weighted by Crippen LogP contribution is 2.14. The molecular formula is C19H42NO+. The van der Waals surface area contributed by atoms with Crippen LogP contribution in [0.3, 0.4) is 0 Å². The monoisotopic (exact) mass is 300 g/mol. The Bertz CT molecular complexity index is 210. The Morgan fingerprint density at radius 1 is 0.667 bits per heavy atom. The molecule has 2 nitrogen and oxygen atoms in total. The van der Waals surface area contributed by atoms with Gasteiger partial charge in [-0.05, 0) is 13.3 Å². The average Bonchev–Trinajstić information content (AvgIpc) is 2.38. The first-order valence-electron chi connectivity index (χ1n) is 9.45. The van der Waals surface area contributed by atoms with Crippen LogP contribution in [0.15, 0.2) is 0 Å². The Balaban J connectivity index is 3.15. The van der Waals surface area contributed by atoms with E-state index in [1.54, 1.807) is 0 Å². The number of hydroxylamine groups is 3. The molecule has 0 rings (SSSR count). The molecule has 0 heterocycles. The van der Waals surface area contributed by atoms with Crippen molar-refractivity contribution in [3.05, 3.63) is 0 Å². The van der Waals surface area contributed by atoms with Crippen molar-refractivity contribution in [3.8, 4) is 0 Å². The Morgan fingerprint density at radius 3 is 1.43 bits per heavy atom. The van der Waals surface area contributed by atoms with E-state index in [1.165, 1.54) is 83.5 Å². The van der Waals surface area contributed by atoms with Crippen molar-refractivity contribution in [1.82, 2.24) is 0 Å². The largest absolute Gasteiger partial charge is 0.201 e. The van der Waals surface area contributed by atoms with Gasteiger partial charge in [-0.25, -0.2) is 4.84 Å². The molecule has 0 saturated carbocycles. The average molecular weight is 301 g/mol. The topological polar surface area (TPSA) is 9.23 Å². The summed E-state index contributed by atoms with van der Waals surface area (Å²) in [7, 11) is 6.25. The quantitative estimate of drug-likeness (QED) is 0.201. The molecule has 0 spiro atoms. The van der Waals surface area contributed by atoms with Crippen LogP contribution in [0.4, 0.5) is 0 Å². The zero-order chi connectivity index (χ0) is 16.0. The number of hydrogen-bond acceptors (Lipinski definition) is 1. The number of hydrogen-bond donors (Lipinski definition) is 0. The van der Waals surface area contributed by atoms with Crippen LogP contribution in [-0.4, -0.2) is 31.9 Å². The highest BCUT2D eigenvalue weighted by Gasteiger charge is 2.14. The molecule has 0 aliphatic heterocycles. The fourth-order valence-corrected chi connectivity index (χ4v) is 2.87. The lowest BCUT2D eigenvalue weighted by Crippen LogP contribution is -2.37. The summed E-state index contributed by atoms with van der Waals surface area (Å²) in [5.74, 6) is 0. The minimum absolute atomic E-state index is 0.383. The third-order valence-corrected chi connectivity index (χ3v) is 3.96. The van der Waals surface area contributed by atoms with E-state index in [1.807, 2.05) is 0 Å². The predicted molar refractivity (Wildman–Crippen MR) is 94.3 cm³/mol. The molecule has 1 atom stereocenters. The summed E-state index contributed by atoms with van der Waals surface area (Å²) in [6.07, 6.45) is 18.6. The van der Waals surface area contributed by atoms with Crippen LogP contribution in [-0.2, 0) is 4.84 Å². The second-order valence-electron chi connectivity index (χ2n) is 7.48.